The predicted octanol–water partition coefficient (Wildman–Crippen LogP) is 3.44. The van der Waals surface area contributed by atoms with Crippen LogP contribution in [0.25, 0.3) is 10.8 Å². The number of aromatic nitrogens is 1. The molecule has 1 aromatic heterocycles. The Balaban J connectivity index is 2.92. The molecular formula is C10H7BrFN. The van der Waals surface area contributed by atoms with Crippen molar-refractivity contribution in [2.24, 2.45) is 0 Å². The molecule has 0 amide bonds. The van der Waals surface area contributed by atoms with E-state index in [2.05, 4.69) is 20.9 Å². The van der Waals surface area contributed by atoms with Crippen LogP contribution in [0.15, 0.2) is 28.9 Å². The minimum Gasteiger partial charge on any atom is -0.261 e. The molecule has 0 bridgehead atoms. The van der Waals surface area contributed by atoms with Gasteiger partial charge in [0.25, 0.3) is 0 Å². The van der Waals surface area contributed by atoms with Gasteiger partial charge in [-0.05, 0) is 25.1 Å². The first-order valence-corrected chi connectivity index (χ1v) is 4.68. The van der Waals surface area contributed by atoms with E-state index in [4.69, 9.17) is 0 Å². The summed E-state index contributed by atoms with van der Waals surface area (Å²) in [7, 11) is 0. The van der Waals surface area contributed by atoms with Crippen molar-refractivity contribution in [3.05, 3.63) is 40.4 Å². The Morgan fingerprint density at radius 1 is 1.31 bits per heavy atom. The van der Waals surface area contributed by atoms with Gasteiger partial charge in [0, 0.05) is 27.1 Å². The van der Waals surface area contributed by atoms with Crippen LogP contribution in [0.2, 0.25) is 0 Å². The van der Waals surface area contributed by atoms with Gasteiger partial charge < -0.3 is 0 Å². The third kappa shape index (κ3) is 1.44. The molecule has 0 unspecified atom stereocenters. The fraction of sp³-hybridized carbons (Fsp3) is 0.100. The molecule has 66 valence electrons. The maximum atomic E-state index is 13.3. The fourth-order valence-electron chi connectivity index (χ4n) is 1.27. The van der Waals surface area contributed by atoms with Crippen LogP contribution in [-0.4, -0.2) is 4.98 Å². The molecule has 0 atom stereocenters. The number of fused-ring (bicyclic) bond motifs is 1. The van der Waals surface area contributed by atoms with Crippen LogP contribution < -0.4 is 0 Å². The lowest BCUT2D eigenvalue weighted by molar-refractivity contribution is 0.639. The topological polar surface area (TPSA) is 12.9 Å². The van der Waals surface area contributed by atoms with Crippen LogP contribution >= 0.6 is 15.9 Å². The van der Waals surface area contributed by atoms with Crippen LogP contribution in [0.5, 0.6) is 0 Å². The van der Waals surface area contributed by atoms with Gasteiger partial charge in [0.1, 0.15) is 5.82 Å². The summed E-state index contributed by atoms with van der Waals surface area (Å²) >= 11 is 3.35. The van der Waals surface area contributed by atoms with Crippen molar-refractivity contribution >= 4 is 26.7 Å². The van der Waals surface area contributed by atoms with E-state index in [0.717, 1.165) is 15.6 Å². The number of rotatable bonds is 0. The Kier molecular flexibility index (Phi) is 2.04. The number of hydrogen-bond acceptors (Lipinski definition) is 1. The highest BCUT2D eigenvalue weighted by Gasteiger charge is 2.04. The first-order valence-electron chi connectivity index (χ1n) is 3.89. The number of pyridine rings is 1. The maximum absolute atomic E-state index is 13.3. The Bertz CT molecular complexity index is 468. The molecule has 3 heteroatoms. The molecule has 0 radical (unpaired) electrons. The Hall–Kier alpha value is -0.960. The number of hydrogen-bond donors (Lipinski definition) is 0. The Morgan fingerprint density at radius 2 is 2.08 bits per heavy atom. The van der Waals surface area contributed by atoms with E-state index in [1.165, 1.54) is 6.07 Å². The number of benzene rings is 1. The summed E-state index contributed by atoms with van der Waals surface area (Å²) in [6.45, 7) is 1.85. The zero-order valence-corrected chi connectivity index (χ0v) is 8.60. The maximum Gasteiger partial charge on any atom is 0.131 e. The van der Waals surface area contributed by atoms with E-state index < -0.39 is 0 Å². The SMILES string of the molecule is Cc1cc2c(F)ccc(Br)c2cn1. The van der Waals surface area contributed by atoms with Gasteiger partial charge in [0.05, 0.1) is 0 Å². The highest BCUT2D eigenvalue weighted by Crippen LogP contribution is 2.25. The molecule has 2 aromatic rings. The van der Waals surface area contributed by atoms with Gasteiger partial charge in [0.15, 0.2) is 0 Å². The highest BCUT2D eigenvalue weighted by atomic mass is 79.9. The lowest BCUT2D eigenvalue weighted by Crippen LogP contribution is -1.85. The van der Waals surface area contributed by atoms with Gasteiger partial charge in [-0.15, -0.1) is 0 Å². The first kappa shape index (κ1) is 8.63. The molecule has 0 saturated heterocycles. The van der Waals surface area contributed by atoms with E-state index in [1.807, 2.05) is 6.92 Å². The molecule has 0 aliphatic heterocycles. The van der Waals surface area contributed by atoms with Crippen molar-refractivity contribution in [3.63, 3.8) is 0 Å². The van der Waals surface area contributed by atoms with Crippen molar-refractivity contribution in [2.75, 3.05) is 0 Å². The van der Waals surface area contributed by atoms with E-state index in [-0.39, 0.29) is 5.82 Å². The molecule has 2 rings (SSSR count). The second kappa shape index (κ2) is 3.07. The van der Waals surface area contributed by atoms with Crippen molar-refractivity contribution in [1.29, 1.82) is 0 Å². The first-order chi connectivity index (χ1) is 6.18. The van der Waals surface area contributed by atoms with Gasteiger partial charge in [-0.2, -0.15) is 0 Å². The molecular weight excluding hydrogens is 233 g/mol. The van der Waals surface area contributed by atoms with Crippen molar-refractivity contribution in [3.8, 4) is 0 Å². The lowest BCUT2D eigenvalue weighted by Gasteiger charge is -2.02. The van der Waals surface area contributed by atoms with Crippen molar-refractivity contribution < 1.29 is 4.39 Å². The quantitative estimate of drug-likeness (QED) is 0.687. The van der Waals surface area contributed by atoms with E-state index in [1.54, 1.807) is 18.3 Å². The van der Waals surface area contributed by atoms with Crippen LogP contribution in [0.3, 0.4) is 0 Å². The fourth-order valence-corrected chi connectivity index (χ4v) is 1.72. The van der Waals surface area contributed by atoms with Gasteiger partial charge in [0.2, 0.25) is 0 Å². The summed E-state index contributed by atoms with van der Waals surface area (Å²) in [5.74, 6) is -0.205. The molecule has 0 spiro atoms. The third-order valence-corrected chi connectivity index (χ3v) is 2.62. The van der Waals surface area contributed by atoms with E-state index in [0.29, 0.717) is 5.39 Å². The number of aryl methyl sites for hydroxylation is 1. The molecule has 0 N–H and O–H groups in total. The molecule has 0 aliphatic carbocycles. The highest BCUT2D eigenvalue weighted by molar-refractivity contribution is 9.10. The van der Waals surface area contributed by atoms with Crippen LogP contribution in [0, 0.1) is 12.7 Å². The van der Waals surface area contributed by atoms with Crippen LogP contribution in [-0.2, 0) is 0 Å². The number of halogens is 2. The summed E-state index contributed by atoms with van der Waals surface area (Å²) in [6.07, 6.45) is 1.68. The second-order valence-electron chi connectivity index (χ2n) is 2.90. The summed E-state index contributed by atoms with van der Waals surface area (Å²) in [5.41, 5.74) is 0.824. The zero-order valence-electron chi connectivity index (χ0n) is 7.01. The van der Waals surface area contributed by atoms with Crippen LogP contribution in [0.1, 0.15) is 5.69 Å². The molecule has 1 nitrogen and oxygen atoms in total. The minimum atomic E-state index is -0.205. The van der Waals surface area contributed by atoms with Gasteiger partial charge in [-0.25, -0.2) is 4.39 Å². The largest absolute Gasteiger partial charge is 0.261 e. The third-order valence-electron chi connectivity index (χ3n) is 1.93. The Labute approximate surface area is 83.7 Å². The van der Waals surface area contributed by atoms with Crippen molar-refractivity contribution in [1.82, 2.24) is 4.98 Å². The zero-order chi connectivity index (χ0) is 9.42. The van der Waals surface area contributed by atoms with Crippen molar-refractivity contribution in [2.45, 2.75) is 6.92 Å². The Morgan fingerprint density at radius 3 is 2.85 bits per heavy atom. The normalized spacial score (nSPS) is 10.7. The summed E-state index contributed by atoms with van der Waals surface area (Å²) < 4.78 is 14.2. The average Bonchev–Trinajstić information content (AvgIpc) is 2.12. The summed E-state index contributed by atoms with van der Waals surface area (Å²) in [6, 6.07) is 4.88. The number of nitrogens with zero attached hydrogens (tertiary/aromatic N) is 1. The standard InChI is InChI=1S/C10H7BrFN/c1-6-4-7-8(5-13-6)9(11)2-3-10(7)12/h2-5H,1H3. The van der Waals surface area contributed by atoms with Gasteiger partial charge in [-0.1, -0.05) is 15.9 Å². The average molecular weight is 240 g/mol. The lowest BCUT2D eigenvalue weighted by atomic mass is 10.1. The summed E-state index contributed by atoms with van der Waals surface area (Å²) in [5, 5.41) is 1.42. The van der Waals surface area contributed by atoms with E-state index in [9.17, 15) is 4.39 Å². The second-order valence-corrected chi connectivity index (χ2v) is 3.75. The van der Waals surface area contributed by atoms with Crippen LogP contribution in [0.4, 0.5) is 4.39 Å². The molecule has 13 heavy (non-hydrogen) atoms. The molecule has 1 aromatic carbocycles. The molecule has 0 fully saturated rings. The predicted molar refractivity (Wildman–Crippen MR) is 54.1 cm³/mol. The molecule has 0 aliphatic rings. The summed E-state index contributed by atoms with van der Waals surface area (Å²) in [4.78, 5) is 4.11. The van der Waals surface area contributed by atoms with E-state index >= 15 is 0 Å². The van der Waals surface area contributed by atoms with Gasteiger partial charge in [-0.3, -0.25) is 4.98 Å². The smallest absolute Gasteiger partial charge is 0.131 e. The monoisotopic (exact) mass is 239 g/mol. The minimum absolute atomic E-state index is 0.205. The van der Waals surface area contributed by atoms with Gasteiger partial charge >= 0.3 is 0 Å². The molecule has 0 saturated carbocycles. The molecule has 1 heterocycles.